The summed E-state index contributed by atoms with van der Waals surface area (Å²) in [6, 6.07) is 9.91. The minimum Gasteiger partial charge on any atom is -0.507 e. The van der Waals surface area contributed by atoms with Crippen molar-refractivity contribution in [2.75, 3.05) is 0 Å². The third-order valence-electron chi connectivity index (χ3n) is 3.37. The molecular formula is C17H10ClF3N2O2. The number of hydrogen-bond donors (Lipinski definition) is 2. The third kappa shape index (κ3) is 3.51. The van der Waals surface area contributed by atoms with Crippen molar-refractivity contribution in [3.63, 3.8) is 0 Å². The summed E-state index contributed by atoms with van der Waals surface area (Å²) in [7, 11) is 0. The van der Waals surface area contributed by atoms with E-state index in [1.165, 1.54) is 30.3 Å². The number of nitrogens with zero attached hydrogens (tertiary/aromatic N) is 2. The van der Waals surface area contributed by atoms with E-state index in [1.54, 1.807) is 12.1 Å². The van der Waals surface area contributed by atoms with Crippen molar-refractivity contribution in [3.8, 4) is 5.75 Å². The number of halogens is 4. The van der Waals surface area contributed by atoms with Gasteiger partial charge in [0.25, 0.3) is 0 Å². The van der Waals surface area contributed by atoms with Gasteiger partial charge < -0.3 is 10.2 Å². The number of alkyl halides is 3. The van der Waals surface area contributed by atoms with Crippen molar-refractivity contribution < 1.29 is 23.4 Å². The Morgan fingerprint density at radius 1 is 1.04 bits per heavy atom. The summed E-state index contributed by atoms with van der Waals surface area (Å²) in [5, 5.41) is 20.1. The first kappa shape index (κ1) is 17.0. The molecule has 1 heterocycles. The first-order valence-corrected chi connectivity index (χ1v) is 7.37. The highest BCUT2D eigenvalue weighted by Gasteiger charge is 2.36. The molecule has 0 aliphatic rings. The van der Waals surface area contributed by atoms with E-state index in [9.17, 15) is 23.4 Å². The molecule has 0 radical (unpaired) electrons. The molecule has 2 N–H and O–H groups in total. The number of aromatic nitrogens is 2. The fraction of sp³-hybridized carbons (Fsp3) is 0.0588. The molecule has 3 rings (SSSR count). The van der Waals surface area contributed by atoms with E-state index in [0.717, 1.165) is 6.08 Å². The zero-order chi connectivity index (χ0) is 18.2. The fourth-order valence-corrected chi connectivity index (χ4v) is 2.42. The van der Waals surface area contributed by atoms with Gasteiger partial charge in [-0.15, -0.1) is 0 Å². The second kappa shape index (κ2) is 6.25. The molecule has 25 heavy (non-hydrogen) atoms. The predicted molar refractivity (Wildman–Crippen MR) is 88.2 cm³/mol. The zero-order valence-corrected chi connectivity index (χ0v) is 13.2. The number of phenolic OH excluding ortho intramolecular Hbond substituents is 1. The molecule has 0 atom stereocenters. The Bertz CT molecular complexity index is 987. The lowest BCUT2D eigenvalue weighted by atomic mass is 10.1. The Hall–Kier alpha value is -2.80. The molecule has 0 aliphatic heterocycles. The molecule has 0 saturated carbocycles. The molecule has 8 heteroatoms. The highest BCUT2D eigenvalue weighted by molar-refractivity contribution is 6.30. The summed E-state index contributed by atoms with van der Waals surface area (Å²) in [4.78, 5) is 7.53. The van der Waals surface area contributed by atoms with Gasteiger partial charge in [-0.25, -0.2) is 9.97 Å². The molecule has 0 unspecified atom stereocenters. The number of phenols is 1. The van der Waals surface area contributed by atoms with Gasteiger partial charge >= 0.3 is 6.18 Å². The van der Waals surface area contributed by atoms with E-state index < -0.39 is 23.3 Å². The van der Waals surface area contributed by atoms with Gasteiger partial charge in [0.1, 0.15) is 11.5 Å². The van der Waals surface area contributed by atoms with Crippen molar-refractivity contribution in [2.45, 2.75) is 6.18 Å². The van der Waals surface area contributed by atoms with Gasteiger partial charge in [-0.3, -0.25) is 0 Å². The Morgan fingerprint density at radius 3 is 2.32 bits per heavy atom. The number of fused-ring (bicyclic) bond motifs is 1. The SMILES string of the molecule is O/C(=C\c1nc2ccccc2nc1C(F)(F)F)c1cc(Cl)ccc1O. The van der Waals surface area contributed by atoms with E-state index >= 15 is 0 Å². The molecular weight excluding hydrogens is 357 g/mol. The van der Waals surface area contributed by atoms with Gasteiger partial charge in [-0.1, -0.05) is 23.7 Å². The van der Waals surface area contributed by atoms with Gasteiger partial charge in [0.15, 0.2) is 5.69 Å². The number of aliphatic hydroxyl groups excluding tert-OH is 1. The topological polar surface area (TPSA) is 66.2 Å². The number of benzene rings is 2. The average molecular weight is 367 g/mol. The van der Waals surface area contributed by atoms with Crippen LogP contribution in [0.5, 0.6) is 5.75 Å². The lowest BCUT2D eigenvalue weighted by Crippen LogP contribution is -2.12. The van der Waals surface area contributed by atoms with Crippen LogP contribution in [0.1, 0.15) is 17.0 Å². The monoisotopic (exact) mass is 366 g/mol. The van der Waals surface area contributed by atoms with E-state index in [2.05, 4.69) is 9.97 Å². The van der Waals surface area contributed by atoms with Crippen LogP contribution < -0.4 is 0 Å². The van der Waals surface area contributed by atoms with Crippen LogP contribution in [-0.4, -0.2) is 20.2 Å². The van der Waals surface area contributed by atoms with Crippen LogP contribution in [0.3, 0.4) is 0 Å². The Morgan fingerprint density at radius 2 is 1.68 bits per heavy atom. The van der Waals surface area contributed by atoms with E-state index in [0.29, 0.717) is 0 Å². The molecule has 1 aromatic heterocycles. The van der Waals surface area contributed by atoms with Crippen molar-refractivity contribution in [2.24, 2.45) is 0 Å². The summed E-state index contributed by atoms with van der Waals surface area (Å²) < 4.78 is 39.9. The summed E-state index contributed by atoms with van der Waals surface area (Å²) in [5.74, 6) is -0.949. The van der Waals surface area contributed by atoms with Gasteiger partial charge in [-0.2, -0.15) is 13.2 Å². The van der Waals surface area contributed by atoms with Crippen LogP contribution in [0, 0.1) is 0 Å². The predicted octanol–water partition coefficient (Wildman–Crippen LogP) is 5.06. The first-order valence-electron chi connectivity index (χ1n) is 6.99. The maximum absolute atomic E-state index is 13.3. The summed E-state index contributed by atoms with van der Waals surface area (Å²) >= 11 is 5.79. The summed E-state index contributed by atoms with van der Waals surface area (Å²) in [6.07, 6.45) is -3.97. The summed E-state index contributed by atoms with van der Waals surface area (Å²) in [6.45, 7) is 0. The molecule has 0 saturated heterocycles. The Kier molecular flexibility index (Phi) is 4.26. The van der Waals surface area contributed by atoms with E-state index in [-0.39, 0.29) is 27.4 Å². The fourth-order valence-electron chi connectivity index (χ4n) is 2.24. The molecule has 0 aliphatic carbocycles. The number of rotatable bonds is 2. The summed E-state index contributed by atoms with van der Waals surface area (Å²) in [5.41, 5.74) is -1.60. The molecule has 2 aromatic carbocycles. The minimum atomic E-state index is -4.76. The second-order valence-electron chi connectivity index (χ2n) is 5.13. The smallest absolute Gasteiger partial charge is 0.435 e. The Balaban J connectivity index is 2.21. The molecule has 0 amide bonds. The lowest BCUT2D eigenvalue weighted by molar-refractivity contribution is -0.141. The largest absolute Gasteiger partial charge is 0.507 e. The van der Waals surface area contributed by atoms with Crippen LogP contribution in [0.4, 0.5) is 13.2 Å². The van der Waals surface area contributed by atoms with Crippen molar-refractivity contribution in [1.29, 1.82) is 0 Å². The normalized spacial score (nSPS) is 12.6. The van der Waals surface area contributed by atoms with Crippen molar-refractivity contribution >= 4 is 34.5 Å². The standard InChI is InChI=1S/C17H10ClF3N2O2/c18-9-5-6-14(24)10(7-9)15(25)8-13-16(17(19,20)21)23-12-4-2-1-3-11(12)22-13/h1-8,24-25H/b15-8-. The second-order valence-corrected chi connectivity index (χ2v) is 5.57. The first-order chi connectivity index (χ1) is 11.8. The van der Waals surface area contributed by atoms with Gasteiger partial charge in [0, 0.05) is 11.1 Å². The quantitative estimate of drug-likeness (QED) is 0.622. The van der Waals surface area contributed by atoms with Gasteiger partial charge in [0.2, 0.25) is 0 Å². The van der Waals surface area contributed by atoms with Crippen molar-refractivity contribution in [3.05, 3.63) is 64.4 Å². The maximum Gasteiger partial charge on any atom is 0.435 e. The molecule has 0 fully saturated rings. The lowest BCUT2D eigenvalue weighted by Gasteiger charge is -2.11. The number of aromatic hydroxyl groups is 1. The van der Waals surface area contributed by atoms with E-state index in [4.69, 9.17) is 11.6 Å². The molecule has 4 nitrogen and oxygen atoms in total. The Labute approximate surface area is 144 Å². The zero-order valence-electron chi connectivity index (χ0n) is 12.4. The maximum atomic E-state index is 13.3. The van der Waals surface area contributed by atoms with E-state index in [1.807, 2.05) is 0 Å². The number of hydrogen-bond acceptors (Lipinski definition) is 4. The van der Waals surface area contributed by atoms with Crippen molar-refractivity contribution in [1.82, 2.24) is 9.97 Å². The van der Waals surface area contributed by atoms with Crippen LogP contribution >= 0.6 is 11.6 Å². The van der Waals surface area contributed by atoms with Crippen LogP contribution in [0.25, 0.3) is 22.9 Å². The van der Waals surface area contributed by atoms with Gasteiger partial charge in [-0.05, 0) is 30.3 Å². The molecule has 0 spiro atoms. The third-order valence-corrected chi connectivity index (χ3v) is 3.61. The minimum absolute atomic E-state index is 0.0806. The van der Waals surface area contributed by atoms with Gasteiger partial charge in [0.05, 0.1) is 22.3 Å². The van der Waals surface area contributed by atoms with Crippen LogP contribution in [0.15, 0.2) is 42.5 Å². The highest BCUT2D eigenvalue weighted by atomic mass is 35.5. The number of para-hydroxylation sites is 2. The average Bonchev–Trinajstić information content (AvgIpc) is 2.55. The van der Waals surface area contributed by atoms with Crippen LogP contribution in [0.2, 0.25) is 5.02 Å². The van der Waals surface area contributed by atoms with Crippen LogP contribution in [-0.2, 0) is 6.18 Å². The number of aliphatic hydroxyl groups is 1. The molecule has 3 aromatic rings. The highest BCUT2D eigenvalue weighted by Crippen LogP contribution is 2.34. The molecule has 128 valence electrons. The molecule has 0 bridgehead atoms.